The Morgan fingerprint density at radius 3 is 0.927 bits per heavy atom. The van der Waals surface area contributed by atoms with Gasteiger partial charge in [-0.3, -0.25) is 20.2 Å². The second kappa shape index (κ2) is 55.7. The van der Waals surface area contributed by atoms with E-state index >= 15 is 0 Å². The number of hydrogen-bond donors (Lipinski definition) is 9. The maximum absolute atomic E-state index is 13.5. The molecule has 748 valence electrons. The summed E-state index contributed by atoms with van der Waals surface area (Å²) >= 11 is 5.43. The summed E-state index contributed by atoms with van der Waals surface area (Å²) in [6, 6.07) is 129. The van der Waals surface area contributed by atoms with Crippen molar-refractivity contribution in [2.75, 3.05) is 45.9 Å². The van der Waals surface area contributed by atoms with Gasteiger partial charge in [-0.1, -0.05) is 321 Å². The molecule has 0 fully saturated rings. The molecule has 150 heavy (non-hydrogen) atoms. The molecule has 0 saturated heterocycles. The summed E-state index contributed by atoms with van der Waals surface area (Å²) in [6.07, 6.45) is 5.00. The molecule has 0 unspecified atom stereocenters. The van der Waals surface area contributed by atoms with Crippen LogP contribution in [0.5, 0.6) is 34.9 Å². The van der Waals surface area contributed by atoms with Crippen LogP contribution in [0, 0.1) is 0 Å². The van der Waals surface area contributed by atoms with Gasteiger partial charge < -0.3 is 76.7 Å². The van der Waals surface area contributed by atoms with Gasteiger partial charge in [0.15, 0.2) is 0 Å². The smallest absolute Gasteiger partial charge is 1.00 e. The molecule has 20 rings (SSSR count). The van der Waals surface area contributed by atoms with Gasteiger partial charge in [-0.2, -0.15) is 0 Å². The molecule has 0 atom stereocenters. The fraction of sp³-hybridized carbons (Fsp3) is 0.0909. The number of benzene rings is 14. The van der Waals surface area contributed by atoms with E-state index in [1.165, 1.54) is 52.8 Å². The molecule has 4 heterocycles. The van der Waals surface area contributed by atoms with Crippen LogP contribution in [0.15, 0.2) is 437 Å². The number of ether oxygens (including phenoxy) is 8. The van der Waals surface area contributed by atoms with Crippen molar-refractivity contribution < 1.29 is 113 Å². The second-order valence-electron chi connectivity index (χ2n) is 33.3. The first kappa shape index (κ1) is 107. The average Bonchev–Trinajstić information content (AvgIpc) is 1.62. The van der Waals surface area contributed by atoms with E-state index in [4.69, 9.17) is 76.3 Å². The van der Waals surface area contributed by atoms with Crippen molar-refractivity contribution in [2.45, 2.75) is 58.1 Å². The van der Waals surface area contributed by atoms with Crippen LogP contribution < -0.4 is 90.7 Å². The number of halogens is 1. The molecule has 4 aromatic heterocycles. The van der Waals surface area contributed by atoms with Crippen molar-refractivity contribution in [3.8, 4) is 57.1 Å². The van der Waals surface area contributed by atoms with Crippen molar-refractivity contribution in [3.63, 3.8) is 0 Å². The molecule has 18 aromatic rings. The average molecular weight is 2030 g/mol. The number of carboxylic acids is 2. The number of nitrogens with one attached hydrogen (secondary N) is 4. The molecule has 0 bridgehead atoms. The van der Waals surface area contributed by atoms with Crippen LogP contribution in [0.3, 0.4) is 0 Å². The largest absolute Gasteiger partial charge is 1.00 e. The zero-order chi connectivity index (χ0) is 104. The van der Waals surface area contributed by atoms with Crippen molar-refractivity contribution in [1.82, 2.24) is 19.9 Å². The summed E-state index contributed by atoms with van der Waals surface area (Å²) in [5, 5.41) is 37.4. The van der Waals surface area contributed by atoms with Gasteiger partial charge in [0.25, 0.3) is 11.8 Å². The van der Waals surface area contributed by atoms with Gasteiger partial charge >= 0.3 is 53.7 Å². The maximum Gasteiger partial charge on any atom is 1.00 e. The molecule has 11 N–H and O–H groups in total. The van der Waals surface area contributed by atoms with Crippen LogP contribution in [0.1, 0.15) is 116 Å². The standard InChI is InChI=1S/C41H33N3O5.C28H24N2O3.C26H23N3O3.C13H11NO3.C7H8O.C6H4ClNO2.Na.H/c45-39(35-20-11-23-42-40(35)48-26-29-14-5-2-6-15-29)44-37-22-21-30(24-38(37)47-25-28-12-3-1-4-13-28)43-41(46)49-27-36-33-18-9-7-16-31(33)32-17-8-10-19-34(32)36;29-26-15-14-20(16-27(26)32-17-19-8-2-1-3-9-19)30-28(31)33-18-25-23-12-6-4-10-21(23)22-11-5-7-13-24(22)25;27-21-13-14-23(24(16-21)31-17-19-8-3-1-4-9-19)29-25(30)22-12-7-15-28-26(22)32-18-20-10-5-2-6-11-20;15-13(16)11-7-4-8-14-12(11)17-9-10-5-2-1-3-6-10;8-6-7-4-2-1-3-5-7;7-5-4(6(9)10)2-1-3-8-5;;/h1-24,36H,25-27H2,(H,43,46)(H,44,45);1-16,25H,17-18,29H2,(H,30,31);1-16H,17-18,27H2,(H,29,30);1-8H,9H2,(H,15,16);1-5,8H,6H2;1-3H,(H,9,10);;/q;;;;;;+1;-1. The van der Waals surface area contributed by atoms with E-state index in [-0.39, 0.29) is 121 Å². The fourth-order valence-electron chi connectivity index (χ4n) is 15.7. The number of nitrogen functional groups attached to an aromatic ring is 2. The van der Waals surface area contributed by atoms with Gasteiger partial charge in [-0.05, 0) is 168 Å². The van der Waals surface area contributed by atoms with Crippen molar-refractivity contribution in [1.29, 1.82) is 0 Å². The Morgan fingerprint density at radius 1 is 0.300 bits per heavy atom. The molecular weight excluding hydrogens is 1920 g/mol. The number of carbonyl (C=O) groups excluding carboxylic acids is 4. The van der Waals surface area contributed by atoms with Crippen LogP contribution >= 0.6 is 11.6 Å². The third-order valence-corrected chi connectivity index (χ3v) is 23.4. The van der Waals surface area contributed by atoms with Crippen molar-refractivity contribution >= 4 is 81.7 Å². The number of anilines is 6. The number of carbonyl (C=O) groups is 6. The van der Waals surface area contributed by atoms with E-state index in [9.17, 15) is 28.8 Å². The van der Waals surface area contributed by atoms with Crippen molar-refractivity contribution in [3.05, 3.63) is 526 Å². The van der Waals surface area contributed by atoms with Crippen molar-refractivity contribution in [2.24, 2.45) is 0 Å². The molecule has 0 aliphatic heterocycles. The Labute approximate surface area is 895 Å². The number of rotatable bonds is 31. The Morgan fingerprint density at radius 2 is 0.587 bits per heavy atom. The third-order valence-electron chi connectivity index (χ3n) is 23.1. The number of aliphatic hydroxyl groups excluding tert-OH is 1. The Bertz CT molecular complexity index is 7430. The van der Waals surface area contributed by atoms with E-state index in [2.05, 4.69) is 89.7 Å². The summed E-state index contributed by atoms with van der Waals surface area (Å²) in [7, 11) is 0. The maximum atomic E-state index is 13.5. The van der Waals surface area contributed by atoms with Crippen LogP contribution in [-0.4, -0.2) is 84.4 Å². The summed E-state index contributed by atoms with van der Waals surface area (Å²) in [4.78, 5) is 89.5. The minimum atomic E-state index is -1.06. The van der Waals surface area contributed by atoms with E-state index < -0.39 is 30.0 Å². The van der Waals surface area contributed by atoms with Gasteiger partial charge in [0, 0.05) is 71.9 Å². The van der Waals surface area contributed by atoms with Crippen LogP contribution in [0.4, 0.5) is 43.7 Å². The zero-order valence-corrected chi connectivity index (χ0v) is 84.2. The molecule has 0 saturated carbocycles. The number of nitrogens with two attached hydrogens (primary N) is 2. The normalized spacial score (nSPS) is 10.9. The minimum absolute atomic E-state index is 0. The molecule has 0 radical (unpaired) electrons. The molecule has 29 heteroatoms. The summed E-state index contributed by atoms with van der Waals surface area (Å²) < 4.78 is 46.5. The summed E-state index contributed by atoms with van der Waals surface area (Å²) in [5.41, 5.74) is 31.9. The molecule has 2 aliphatic carbocycles. The predicted octanol–water partition coefficient (Wildman–Crippen LogP) is 22.2. The summed E-state index contributed by atoms with van der Waals surface area (Å²) in [6.45, 7) is 2.45. The first-order valence-corrected chi connectivity index (χ1v) is 47.7. The van der Waals surface area contributed by atoms with E-state index in [1.807, 2.05) is 261 Å². The number of nitrogens with zero attached hydrogens (tertiary/aromatic N) is 4. The number of fused-ring (bicyclic) bond motifs is 6. The molecule has 2 aliphatic rings. The molecule has 4 amide bonds. The predicted molar refractivity (Wildman–Crippen MR) is 575 cm³/mol. The van der Waals surface area contributed by atoms with Crippen LogP contribution in [0.2, 0.25) is 5.15 Å². The van der Waals surface area contributed by atoms with Crippen LogP contribution in [0.25, 0.3) is 22.3 Å². The Balaban J connectivity index is 0.000000164. The summed E-state index contributed by atoms with van der Waals surface area (Å²) in [5.74, 6) is -0.942. The van der Waals surface area contributed by atoms with E-state index in [1.54, 1.807) is 97.3 Å². The number of aliphatic hydroxyl groups is 1. The number of aromatic carboxylic acids is 2. The van der Waals surface area contributed by atoms with Crippen LogP contribution in [-0.2, 0) is 55.7 Å². The Kier molecular flexibility index (Phi) is 39.9. The van der Waals surface area contributed by atoms with E-state index in [0.29, 0.717) is 83.4 Å². The number of pyridine rings is 4. The number of hydrogen-bond acceptors (Lipinski definition) is 21. The first-order valence-electron chi connectivity index (χ1n) is 47.3. The molecule has 0 spiro atoms. The number of aromatic nitrogens is 4. The molecular formula is C121H104ClN10NaO17. The number of amides is 4. The minimum Gasteiger partial charge on any atom is -1.00 e. The van der Waals surface area contributed by atoms with Gasteiger partial charge in [-0.25, -0.2) is 39.1 Å². The van der Waals surface area contributed by atoms with Gasteiger partial charge in [0.05, 0.1) is 29.2 Å². The first-order chi connectivity index (χ1) is 72.9. The molecule has 14 aromatic carbocycles. The van der Waals surface area contributed by atoms with Gasteiger partial charge in [0.2, 0.25) is 17.6 Å². The monoisotopic (exact) mass is 2030 g/mol. The number of carboxylic acid groups (broad SMARTS) is 2. The Hall–Kier alpha value is -18.3. The van der Waals surface area contributed by atoms with Gasteiger partial charge in [0.1, 0.15) is 91.9 Å². The molecule has 27 nitrogen and oxygen atoms in total. The fourth-order valence-corrected chi connectivity index (χ4v) is 15.9. The topological polar surface area (TPSA) is 389 Å². The SMILES string of the molecule is Nc1ccc(NC(=O)OCC2c3ccccc3-c3ccccc32)cc1OCc1ccccc1.Nc1ccc(NC(=O)c2cccnc2OCc2ccccc2)c(OCc2ccccc2)c1.O=C(Nc1ccc(NC(=O)c2cccnc2OCc2ccccc2)c(OCc2ccccc2)c1)OCC1c2ccccc2-c2ccccc21.O=C(O)c1cccnc1Cl.O=C(O)c1cccnc1OCc1ccccc1.OCc1ccccc1.[H-].[Na+]. The zero-order valence-electron chi connectivity index (χ0n) is 82.5. The second-order valence-corrected chi connectivity index (χ2v) is 33.7. The van der Waals surface area contributed by atoms with E-state index in [0.717, 1.165) is 61.2 Å². The van der Waals surface area contributed by atoms with Gasteiger partial charge in [-0.15, -0.1) is 0 Å². The quantitative estimate of drug-likeness (QED) is 0.0111. The third kappa shape index (κ3) is 31.2.